The third kappa shape index (κ3) is 3.13. The van der Waals surface area contributed by atoms with Crippen LogP contribution in [-0.2, 0) is 22.4 Å². The first-order valence-electron chi connectivity index (χ1n) is 9.92. The molecule has 2 aliphatic heterocycles. The van der Waals surface area contributed by atoms with Gasteiger partial charge in [0.2, 0.25) is 11.8 Å². The van der Waals surface area contributed by atoms with Crippen LogP contribution >= 0.6 is 0 Å². The van der Waals surface area contributed by atoms with E-state index in [1.54, 1.807) is 0 Å². The van der Waals surface area contributed by atoms with Gasteiger partial charge in [0.05, 0.1) is 0 Å². The van der Waals surface area contributed by atoms with Crippen LogP contribution in [0.2, 0.25) is 0 Å². The summed E-state index contributed by atoms with van der Waals surface area (Å²) in [6, 6.07) is 8.54. The molecule has 1 spiro atoms. The molecule has 1 aromatic carbocycles. The molecule has 0 saturated carbocycles. The molecule has 2 amide bonds. The lowest BCUT2D eigenvalue weighted by molar-refractivity contribution is -0.141. The predicted octanol–water partition coefficient (Wildman–Crippen LogP) is 1.60. The van der Waals surface area contributed by atoms with E-state index in [0.29, 0.717) is 25.4 Å². The normalized spacial score (nSPS) is 23.6. The van der Waals surface area contributed by atoms with Crippen LogP contribution in [-0.4, -0.2) is 60.4 Å². The van der Waals surface area contributed by atoms with Crippen molar-refractivity contribution < 1.29 is 9.59 Å². The molecule has 5 heteroatoms. The maximum atomic E-state index is 12.8. The van der Waals surface area contributed by atoms with Crippen molar-refractivity contribution in [3.05, 3.63) is 35.4 Å². The standard InChI is InChI=1S/C21H29N3O2/c1-23-10-4-9-22-20(26)21(23)7-11-24(12-8-21)19(25)15-16-13-17-5-2-3-6-18(17)14-16/h2-3,5-6,16H,4,7-15H2,1H3,(H,22,26). The van der Waals surface area contributed by atoms with Crippen LogP contribution in [0.1, 0.15) is 36.8 Å². The summed E-state index contributed by atoms with van der Waals surface area (Å²) in [5.74, 6) is 0.838. The molecule has 26 heavy (non-hydrogen) atoms. The third-order valence-electron chi connectivity index (χ3n) is 6.65. The van der Waals surface area contributed by atoms with Crippen molar-refractivity contribution in [1.82, 2.24) is 15.1 Å². The summed E-state index contributed by atoms with van der Waals surface area (Å²) < 4.78 is 0. The summed E-state index contributed by atoms with van der Waals surface area (Å²) in [6.07, 6.45) is 5.15. The fraction of sp³-hybridized carbons (Fsp3) is 0.619. The van der Waals surface area contributed by atoms with Crippen molar-refractivity contribution in [2.75, 3.05) is 33.2 Å². The average molecular weight is 355 g/mol. The van der Waals surface area contributed by atoms with Gasteiger partial charge in [-0.1, -0.05) is 24.3 Å². The third-order valence-corrected chi connectivity index (χ3v) is 6.65. The molecule has 140 valence electrons. The number of carbonyl (C=O) groups is 2. The van der Waals surface area contributed by atoms with E-state index in [2.05, 4.69) is 41.5 Å². The minimum Gasteiger partial charge on any atom is -0.354 e. The fourth-order valence-electron chi connectivity index (χ4n) is 4.98. The number of nitrogens with zero attached hydrogens (tertiary/aromatic N) is 2. The lowest BCUT2D eigenvalue weighted by Crippen LogP contribution is -2.61. The molecule has 2 saturated heterocycles. The van der Waals surface area contributed by atoms with Gasteiger partial charge in [0.15, 0.2) is 0 Å². The Hall–Kier alpha value is -1.88. The van der Waals surface area contributed by atoms with Gasteiger partial charge in [-0.2, -0.15) is 0 Å². The zero-order chi connectivity index (χ0) is 18.1. The molecule has 2 fully saturated rings. The van der Waals surface area contributed by atoms with Crippen LogP contribution in [0.3, 0.4) is 0 Å². The lowest BCUT2D eigenvalue weighted by Gasteiger charge is -2.45. The highest BCUT2D eigenvalue weighted by molar-refractivity contribution is 5.87. The molecular formula is C21H29N3O2. The molecule has 0 unspecified atom stereocenters. The Kier molecular flexibility index (Phi) is 4.74. The second kappa shape index (κ2) is 7.03. The van der Waals surface area contributed by atoms with Gasteiger partial charge in [-0.3, -0.25) is 14.5 Å². The molecule has 2 heterocycles. The first-order valence-corrected chi connectivity index (χ1v) is 9.92. The number of hydrogen-bond donors (Lipinski definition) is 1. The van der Waals surface area contributed by atoms with Gasteiger partial charge in [-0.15, -0.1) is 0 Å². The topological polar surface area (TPSA) is 52.7 Å². The maximum absolute atomic E-state index is 12.8. The summed E-state index contributed by atoms with van der Waals surface area (Å²) in [5.41, 5.74) is 2.39. The van der Waals surface area contributed by atoms with E-state index in [0.717, 1.165) is 45.2 Å². The Morgan fingerprint density at radius 1 is 1.15 bits per heavy atom. The van der Waals surface area contributed by atoms with Gasteiger partial charge < -0.3 is 10.2 Å². The van der Waals surface area contributed by atoms with Crippen molar-refractivity contribution in [2.24, 2.45) is 5.92 Å². The van der Waals surface area contributed by atoms with E-state index in [4.69, 9.17) is 0 Å². The summed E-state index contributed by atoms with van der Waals surface area (Å²) in [7, 11) is 2.05. The molecule has 0 atom stereocenters. The maximum Gasteiger partial charge on any atom is 0.240 e. The molecule has 5 nitrogen and oxygen atoms in total. The van der Waals surface area contributed by atoms with E-state index < -0.39 is 5.54 Å². The van der Waals surface area contributed by atoms with Crippen molar-refractivity contribution in [3.8, 4) is 0 Å². The molecule has 3 aliphatic rings. The number of amides is 2. The lowest BCUT2D eigenvalue weighted by atomic mass is 9.84. The number of hydrogen-bond acceptors (Lipinski definition) is 3. The Morgan fingerprint density at radius 3 is 2.46 bits per heavy atom. The average Bonchev–Trinajstić information content (AvgIpc) is 3.01. The van der Waals surface area contributed by atoms with Gasteiger partial charge >= 0.3 is 0 Å². The Balaban J connectivity index is 1.35. The molecule has 0 aromatic heterocycles. The highest BCUT2D eigenvalue weighted by Crippen LogP contribution is 2.32. The van der Waals surface area contributed by atoms with Gasteiger partial charge in [0, 0.05) is 32.6 Å². The SMILES string of the molecule is CN1CCCNC(=O)C12CCN(C(=O)CC1Cc3ccccc3C1)CC2. The Morgan fingerprint density at radius 2 is 1.81 bits per heavy atom. The van der Waals surface area contributed by atoms with Crippen LogP contribution in [0.15, 0.2) is 24.3 Å². The molecular weight excluding hydrogens is 326 g/mol. The number of nitrogens with one attached hydrogen (secondary N) is 1. The van der Waals surface area contributed by atoms with Gasteiger partial charge in [0.1, 0.15) is 5.54 Å². The predicted molar refractivity (Wildman–Crippen MR) is 101 cm³/mol. The second-order valence-corrected chi connectivity index (χ2v) is 8.19. The smallest absolute Gasteiger partial charge is 0.240 e. The molecule has 1 aliphatic carbocycles. The van der Waals surface area contributed by atoms with E-state index in [1.807, 2.05) is 4.90 Å². The highest BCUT2D eigenvalue weighted by Gasteiger charge is 2.46. The van der Waals surface area contributed by atoms with E-state index in [-0.39, 0.29) is 11.8 Å². The summed E-state index contributed by atoms with van der Waals surface area (Å²) >= 11 is 0. The molecule has 0 bridgehead atoms. The minimum atomic E-state index is -0.420. The van der Waals surface area contributed by atoms with Crippen molar-refractivity contribution in [1.29, 1.82) is 0 Å². The number of likely N-dealkylation sites (tertiary alicyclic amines) is 1. The monoisotopic (exact) mass is 355 g/mol. The van der Waals surface area contributed by atoms with Crippen LogP contribution in [0.5, 0.6) is 0 Å². The minimum absolute atomic E-state index is 0.149. The van der Waals surface area contributed by atoms with Crippen LogP contribution < -0.4 is 5.32 Å². The summed E-state index contributed by atoms with van der Waals surface area (Å²) in [4.78, 5) is 29.6. The molecule has 1 aromatic rings. The first kappa shape index (κ1) is 17.5. The quantitative estimate of drug-likeness (QED) is 0.877. The zero-order valence-electron chi connectivity index (χ0n) is 15.7. The number of benzene rings is 1. The number of carbonyl (C=O) groups excluding carboxylic acids is 2. The van der Waals surface area contributed by atoms with Crippen molar-refractivity contribution in [3.63, 3.8) is 0 Å². The summed E-state index contributed by atoms with van der Waals surface area (Å²) in [5, 5.41) is 3.06. The van der Waals surface area contributed by atoms with E-state index in [1.165, 1.54) is 11.1 Å². The van der Waals surface area contributed by atoms with Crippen LogP contribution in [0.25, 0.3) is 0 Å². The largest absolute Gasteiger partial charge is 0.354 e. The van der Waals surface area contributed by atoms with E-state index in [9.17, 15) is 9.59 Å². The van der Waals surface area contributed by atoms with Gasteiger partial charge in [-0.05, 0) is 56.2 Å². The number of likely N-dealkylation sites (N-methyl/N-ethyl adjacent to an activating group) is 1. The number of piperidine rings is 1. The highest BCUT2D eigenvalue weighted by atomic mass is 16.2. The Labute approximate surface area is 155 Å². The molecule has 1 N–H and O–H groups in total. The van der Waals surface area contributed by atoms with E-state index >= 15 is 0 Å². The second-order valence-electron chi connectivity index (χ2n) is 8.19. The fourth-order valence-corrected chi connectivity index (χ4v) is 4.98. The number of fused-ring (bicyclic) bond motifs is 1. The van der Waals surface area contributed by atoms with Crippen molar-refractivity contribution >= 4 is 11.8 Å². The first-order chi connectivity index (χ1) is 12.6. The van der Waals surface area contributed by atoms with Crippen LogP contribution in [0, 0.1) is 5.92 Å². The zero-order valence-corrected chi connectivity index (χ0v) is 15.7. The van der Waals surface area contributed by atoms with Gasteiger partial charge in [-0.25, -0.2) is 0 Å². The molecule has 4 rings (SSSR count). The van der Waals surface area contributed by atoms with Gasteiger partial charge in [0.25, 0.3) is 0 Å². The Bertz CT molecular complexity index is 669. The summed E-state index contributed by atoms with van der Waals surface area (Å²) in [6.45, 7) is 3.08. The van der Waals surface area contributed by atoms with Crippen molar-refractivity contribution in [2.45, 2.75) is 44.1 Å². The van der Waals surface area contributed by atoms with Crippen LogP contribution in [0.4, 0.5) is 0 Å². The number of rotatable bonds is 2. The molecule has 0 radical (unpaired) electrons.